The third-order valence-electron chi connectivity index (χ3n) is 3.46. The Balaban J connectivity index is 2.29. The second kappa shape index (κ2) is 5.40. The molecule has 2 nitrogen and oxygen atoms in total. The highest BCUT2D eigenvalue weighted by Gasteiger charge is 2.18. The second-order valence-corrected chi connectivity index (χ2v) is 5.74. The number of rotatable bonds is 3. The fraction of sp³-hybridized carbons (Fsp3) is 0.571. The lowest BCUT2D eigenvalue weighted by molar-refractivity contribution is 0.0802. The third kappa shape index (κ3) is 2.83. The minimum absolute atomic E-state index is 0.113. The normalized spacial score (nSPS) is 16.8. The molecule has 0 bridgehead atoms. The lowest BCUT2D eigenvalue weighted by Gasteiger charge is -2.26. The Morgan fingerprint density at radius 2 is 1.82 bits per heavy atom. The third-order valence-corrected chi connectivity index (χ3v) is 4.20. The van der Waals surface area contributed by atoms with Crippen LogP contribution in [0, 0.1) is 0 Å². The Bertz CT molecular complexity index is 403. The number of hydrogen-bond acceptors (Lipinski definition) is 2. The van der Waals surface area contributed by atoms with Gasteiger partial charge in [-0.3, -0.25) is 4.90 Å². The van der Waals surface area contributed by atoms with Crippen LogP contribution in [-0.2, 0) is 12.8 Å². The molecular weight excluding hydrogens is 278 g/mol. The molecule has 0 saturated heterocycles. The Morgan fingerprint density at radius 1 is 1.18 bits per heavy atom. The maximum atomic E-state index is 6.03. The fourth-order valence-corrected chi connectivity index (χ4v) is 2.76. The van der Waals surface area contributed by atoms with E-state index in [1.54, 1.807) is 0 Å². The largest absolute Gasteiger partial charge is 0.475 e. The quantitative estimate of drug-likeness (QED) is 0.790. The standard InChI is InChI=1S/C14H20BrNO/c1-10(16(2)3)17-14-9-8-13(15)11-6-4-5-7-12(11)14/h8-10H,4-7H2,1-3H3. The summed E-state index contributed by atoms with van der Waals surface area (Å²) in [5, 5.41) is 0. The van der Waals surface area contributed by atoms with Gasteiger partial charge in [-0.15, -0.1) is 0 Å². The first-order valence-corrected chi connectivity index (χ1v) is 7.02. The molecule has 0 spiro atoms. The van der Waals surface area contributed by atoms with Gasteiger partial charge in [0.15, 0.2) is 0 Å². The lowest BCUT2D eigenvalue weighted by atomic mass is 9.91. The van der Waals surface area contributed by atoms with Crippen molar-refractivity contribution in [2.75, 3.05) is 14.1 Å². The molecule has 1 aliphatic rings. The SMILES string of the molecule is CC(Oc1ccc(Br)c2c1CCCC2)N(C)C. The van der Waals surface area contributed by atoms with E-state index in [4.69, 9.17) is 4.74 Å². The maximum Gasteiger partial charge on any atom is 0.149 e. The predicted molar refractivity (Wildman–Crippen MR) is 74.6 cm³/mol. The molecule has 0 aromatic heterocycles. The van der Waals surface area contributed by atoms with Gasteiger partial charge in [0.25, 0.3) is 0 Å². The summed E-state index contributed by atoms with van der Waals surface area (Å²) in [6.45, 7) is 2.08. The molecule has 3 heteroatoms. The van der Waals surface area contributed by atoms with Crippen molar-refractivity contribution in [3.8, 4) is 5.75 Å². The second-order valence-electron chi connectivity index (χ2n) is 4.89. The molecular formula is C14H20BrNO. The first-order valence-electron chi connectivity index (χ1n) is 6.23. The van der Waals surface area contributed by atoms with Gasteiger partial charge < -0.3 is 4.74 Å². The lowest BCUT2D eigenvalue weighted by Crippen LogP contribution is -2.30. The minimum Gasteiger partial charge on any atom is -0.475 e. The number of nitrogens with zero attached hydrogens (tertiary/aromatic N) is 1. The first-order chi connectivity index (χ1) is 8.09. The molecule has 0 saturated carbocycles. The summed E-state index contributed by atoms with van der Waals surface area (Å²) >= 11 is 3.65. The molecule has 1 unspecified atom stereocenters. The molecule has 1 aromatic rings. The zero-order chi connectivity index (χ0) is 12.4. The van der Waals surface area contributed by atoms with Gasteiger partial charge in [0.2, 0.25) is 0 Å². The highest BCUT2D eigenvalue weighted by atomic mass is 79.9. The van der Waals surface area contributed by atoms with Crippen LogP contribution in [0.3, 0.4) is 0 Å². The maximum absolute atomic E-state index is 6.03. The minimum atomic E-state index is 0.113. The van der Waals surface area contributed by atoms with Crippen LogP contribution >= 0.6 is 15.9 Å². The molecule has 94 valence electrons. The Labute approximate surface area is 112 Å². The van der Waals surface area contributed by atoms with Crippen molar-refractivity contribution in [3.05, 3.63) is 27.7 Å². The molecule has 2 rings (SSSR count). The van der Waals surface area contributed by atoms with Gasteiger partial charge in [0, 0.05) is 4.47 Å². The highest BCUT2D eigenvalue weighted by Crippen LogP contribution is 2.35. The van der Waals surface area contributed by atoms with Crippen LogP contribution in [0.5, 0.6) is 5.75 Å². The molecule has 0 radical (unpaired) electrons. The van der Waals surface area contributed by atoms with Gasteiger partial charge in [-0.25, -0.2) is 0 Å². The van der Waals surface area contributed by atoms with Gasteiger partial charge in [0.05, 0.1) is 0 Å². The van der Waals surface area contributed by atoms with E-state index in [-0.39, 0.29) is 6.23 Å². The van der Waals surface area contributed by atoms with Crippen molar-refractivity contribution in [1.29, 1.82) is 0 Å². The summed E-state index contributed by atoms with van der Waals surface area (Å²) in [7, 11) is 4.08. The number of ether oxygens (including phenoxy) is 1. The van der Waals surface area contributed by atoms with E-state index in [1.165, 1.54) is 34.9 Å². The number of benzene rings is 1. The van der Waals surface area contributed by atoms with Crippen LogP contribution in [0.2, 0.25) is 0 Å². The van der Waals surface area contributed by atoms with Gasteiger partial charge in [-0.05, 0) is 70.0 Å². The monoisotopic (exact) mass is 297 g/mol. The van der Waals surface area contributed by atoms with Gasteiger partial charge in [-0.2, -0.15) is 0 Å². The van der Waals surface area contributed by atoms with Crippen LogP contribution in [0.4, 0.5) is 0 Å². The smallest absolute Gasteiger partial charge is 0.149 e. The summed E-state index contributed by atoms with van der Waals surface area (Å²) < 4.78 is 7.27. The summed E-state index contributed by atoms with van der Waals surface area (Å²) in [6, 6.07) is 4.20. The summed E-state index contributed by atoms with van der Waals surface area (Å²) in [4.78, 5) is 2.08. The summed E-state index contributed by atoms with van der Waals surface area (Å²) in [6.07, 6.45) is 4.99. The zero-order valence-corrected chi connectivity index (χ0v) is 12.4. The molecule has 17 heavy (non-hydrogen) atoms. The average Bonchev–Trinajstić information content (AvgIpc) is 2.33. The molecule has 0 N–H and O–H groups in total. The Morgan fingerprint density at radius 3 is 2.47 bits per heavy atom. The topological polar surface area (TPSA) is 12.5 Å². The summed E-state index contributed by atoms with van der Waals surface area (Å²) in [5.74, 6) is 1.06. The predicted octanol–water partition coefficient (Wildman–Crippen LogP) is 3.61. The number of fused-ring (bicyclic) bond motifs is 1. The Hall–Kier alpha value is -0.540. The number of hydrogen-bond donors (Lipinski definition) is 0. The Kier molecular flexibility index (Phi) is 4.10. The van der Waals surface area contributed by atoms with Crippen molar-refractivity contribution < 1.29 is 4.74 Å². The summed E-state index contributed by atoms with van der Waals surface area (Å²) in [5.41, 5.74) is 2.85. The highest BCUT2D eigenvalue weighted by molar-refractivity contribution is 9.10. The zero-order valence-electron chi connectivity index (χ0n) is 10.8. The first kappa shape index (κ1) is 12.9. The van der Waals surface area contributed by atoms with Crippen molar-refractivity contribution in [3.63, 3.8) is 0 Å². The van der Waals surface area contributed by atoms with Crippen molar-refractivity contribution >= 4 is 15.9 Å². The van der Waals surface area contributed by atoms with Crippen molar-refractivity contribution in [2.24, 2.45) is 0 Å². The van der Waals surface area contributed by atoms with Gasteiger partial charge >= 0.3 is 0 Å². The van der Waals surface area contributed by atoms with E-state index in [9.17, 15) is 0 Å². The van der Waals surface area contributed by atoms with Crippen LogP contribution < -0.4 is 4.74 Å². The van der Waals surface area contributed by atoms with Crippen molar-refractivity contribution in [2.45, 2.75) is 38.8 Å². The van der Waals surface area contributed by atoms with Crippen LogP contribution in [0.1, 0.15) is 30.9 Å². The van der Waals surface area contributed by atoms with E-state index in [2.05, 4.69) is 39.9 Å². The van der Waals surface area contributed by atoms with E-state index in [0.717, 1.165) is 12.2 Å². The molecule has 0 amide bonds. The van der Waals surface area contributed by atoms with Gasteiger partial charge in [0.1, 0.15) is 12.0 Å². The van der Waals surface area contributed by atoms with E-state index < -0.39 is 0 Å². The molecule has 0 heterocycles. The van der Waals surface area contributed by atoms with E-state index >= 15 is 0 Å². The molecule has 0 fully saturated rings. The van der Waals surface area contributed by atoms with E-state index in [1.807, 2.05) is 14.1 Å². The molecule has 1 aliphatic carbocycles. The average molecular weight is 298 g/mol. The van der Waals surface area contributed by atoms with E-state index in [0.29, 0.717) is 0 Å². The van der Waals surface area contributed by atoms with Crippen molar-refractivity contribution in [1.82, 2.24) is 4.90 Å². The van der Waals surface area contributed by atoms with Crippen LogP contribution in [-0.4, -0.2) is 25.2 Å². The molecule has 1 aromatic carbocycles. The fourth-order valence-electron chi connectivity index (χ4n) is 2.19. The number of halogens is 1. The molecule has 1 atom stereocenters. The van der Waals surface area contributed by atoms with Crippen LogP contribution in [0.25, 0.3) is 0 Å². The van der Waals surface area contributed by atoms with Gasteiger partial charge in [-0.1, -0.05) is 15.9 Å². The molecule has 0 aliphatic heterocycles. The van der Waals surface area contributed by atoms with Crippen LogP contribution in [0.15, 0.2) is 16.6 Å².